The number of ether oxygens (including phenoxy) is 1. The third kappa shape index (κ3) is 2.84. The monoisotopic (exact) mass is 355 g/mol. The van der Waals surface area contributed by atoms with E-state index in [1.54, 1.807) is 17.4 Å². The van der Waals surface area contributed by atoms with Crippen LogP contribution in [0.15, 0.2) is 11.0 Å². The van der Waals surface area contributed by atoms with Crippen LogP contribution >= 0.6 is 11.3 Å². The second-order valence-corrected chi connectivity index (χ2v) is 8.82. The van der Waals surface area contributed by atoms with Crippen molar-refractivity contribution < 1.29 is 13.2 Å². The van der Waals surface area contributed by atoms with Crippen LogP contribution < -0.4 is 0 Å². The molecular weight excluding hydrogens is 334 g/mol. The van der Waals surface area contributed by atoms with Gasteiger partial charge in [-0.05, 0) is 26.8 Å². The van der Waals surface area contributed by atoms with E-state index in [1.165, 1.54) is 4.31 Å². The number of sulfonamides is 1. The van der Waals surface area contributed by atoms with Gasteiger partial charge in [0.1, 0.15) is 9.90 Å². The zero-order valence-corrected chi connectivity index (χ0v) is 15.4. The van der Waals surface area contributed by atoms with Crippen molar-refractivity contribution in [2.75, 3.05) is 26.3 Å². The molecule has 2 aromatic heterocycles. The summed E-state index contributed by atoms with van der Waals surface area (Å²) in [5.74, 6) is 0. The average molecular weight is 355 g/mol. The molecule has 0 aromatic carbocycles. The molecule has 0 unspecified atom stereocenters. The van der Waals surface area contributed by atoms with Gasteiger partial charge in [-0.1, -0.05) is 0 Å². The first kappa shape index (κ1) is 16.6. The predicted octanol–water partition coefficient (Wildman–Crippen LogP) is 2.09. The first-order valence-electron chi connectivity index (χ1n) is 7.51. The molecule has 3 rings (SSSR count). The molecule has 0 bridgehead atoms. The lowest BCUT2D eigenvalue weighted by Crippen LogP contribution is -2.40. The van der Waals surface area contributed by atoms with Gasteiger partial charge in [0.05, 0.1) is 24.6 Å². The van der Waals surface area contributed by atoms with Crippen molar-refractivity contribution in [2.45, 2.75) is 25.7 Å². The molecule has 23 heavy (non-hydrogen) atoms. The molecule has 1 saturated heterocycles. The Bertz CT molecular complexity index is 811. The standard InChI is InChI=1S/C15H21N3O3S2/c1-10-12(3)22-15(16-10)13-9-14(11(2)17(13)4)23(19,20)18-5-7-21-8-6-18/h9H,5-8H2,1-4H3. The Balaban J connectivity index is 2.06. The van der Waals surface area contributed by atoms with Gasteiger partial charge in [0.25, 0.3) is 0 Å². The highest BCUT2D eigenvalue weighted by molar-refractivity contribution is 7.89. The number of hydrogen-bond acceptors (Lipinski definition) is 5. The molecule has 8 heteroatoms. The van der Waals surface area contributed by atoms with Gasteiger partial charge in [-0.3, -0.25) is 0 Å². The van der Waals surface area contributed by atoms with Crippen LogP contribution in [0.1, 0.15) is 16.3 Å². The van der Waals surface area contributed by atoms with Crippen molar-refractivity contribution in [1.82, 2.24) is 13.9 Å². The molecule has 3 heterocycles. The Morgan fingerprint density at radius 3 is 2.43 bits per heavy atom. The number of morpholine rings is 1. The van der Waals surface area contributed by atoms with Crippen molar-refractivity contribution >= 4 is 21.4 Å². The van der Waals surface area contributed by atoms with E-state index < -0.39 is 10.0 Å². The molecule has 0 atom stereocenters. The van der Waals surface area contributed by atoms with E-state index in [2.05, 4.69) is 4.98 Å². The summed E-state index contributed by atoms with van der Waals surface area (Å²) in [5, 5.41) is 0.856. The van der Waals surface area contributed by atoms with Crippen LogP contribution in [0.25, 0.3) is 10.7 Å². The Kier molecular flexibility index (Phi) is 4.35. The van der Waals surface area contributed by atoms with E-state index >= 15 is 0 Å². The highest BCUT2D eigenvalue weighted by Crippen LogP contribution is 2.33. The molecule has 0 aliphatic carbocycles. The van der Waals surface area contributed by atoms with E-state index in [-0.39, 0.29) is 0 Å². The number of aromatic nitrogens is 2. The Labute approximate surface area is 140 Å². The van der Waals surface area contributed by atoms with Crippen molar-refractivity contribution in [3.05, 3.63) is 22.3 Å². The summed E-state index contributed by atoms with van der Waals surface area (Å²) in [5.41, 5.74) is 2.56. The van der Waals surface area contributed by atoms with Crippen molar-refractivity contribution in [3.8, 4) is 10.7 Å². The summed E-state index contributed by atoms with van der Waals surface area (Å²) >= 11 is 1.59. The maximum Gasteiger partial charge on any atom is 0.245 e. The smallest absolute Gasteiger partial charge is 0.245 e. The fourth-order valence-electron chi connectivity index (χ4n) is 2.65. The molecule has 0 N–H and O–H groups in total. The topological polar surface area (TPSA) is 64.4 Å². The minimum atomic E-state index is -3.50. The predicted molar refractivity (Wildman–Crippen MR) is 90.3 cm³/mol. The highest BCUT2D eigenvalue weighted by Gasteiger charge is 2.30. The largest absolute Gasteiger partial charge is 0.379 e. The lowest BCUT2D eigenvalue weighted by Gasteiger charge is -2.25. The molecule has 1 aliphatic heterocycles. The van der Waals surface area contributed by atoms with E-state index in [4.69, 9.17) is 4.74 Å². The lowest BCUT2D eigenvalue weighted by molar-refractivity contribution is 0.0730. The van der Waals surface area contributed by atoms with Crippen LogP contribution in [0.2, 0.25) is 0 Å². The molecular formula is C15H21N3O3S2. The fraction of sp³-hybridized carbons (Fsp3) is 0.533. The van der Waals surface area contributed by atoms with Gasteiger partial charge in [0.15, 0.2) is 0 Å². The van der Waals surface area contributed by atoms with Crippen LogP contribution in [0.5, 0.6) is 0 Å². The van der Waals surface area contributed by atoms with Gasteiger partial charge in [-0.2, -0.15) is 4.31 Å². The number of nitrogens with zero attached hydrogens (tertiary/aromatic N) is 3. The van der Waals surface area contributed by atoms with E-state index in [0.717, 1.165) is 27.0 Å². The summed E-state index contributed by atoms with van der Waals surface area (Å²) in [6, 6.07) is 1.75. The first-order chi connectivity index (χ1) is 10.8. The fourth-order valence-corrected chi connectivity index (χ4v) is 5.29. The number of rotatable bonds is 3. The van der Waals surface area contributed by atoms with Crippen LogP contribution in [0.3, 0.4) is 0 Å². The maximum atomic E-state index is 12.9. The van der Waals surface area contributed by atoms with Gasteiger partial charge in [0, 0.05) is 30.7 Å². The van der Waals surface area contributed by atoms with Crippen LogP contribution in [-0.2, 0) is 21.8 Å². The van der Waals surface area contributed by atoms with Crippen molar-refractivity contribution in [3.63, 3.8) is 0 Å². The van der Waals surface area contributed by atoms with Gasteiger partial charge in [-0.25, -0.2) is 13.4 Å². The minimum Gasteiger partial charge on any atom is -0.379 e. The summed E-state index contributed by atoms with van der Waals surface area (Å²) in [6.45, 7) is 7.53. The molecule has 0 spiro atoms. The normalized spacial score (nSPS) is 16.9. The third-order valence-corrected chi connectivity index (χ3v) is 7.43. The van der Waals surface area contributed by atoms with Crippen molar-refractivity contribution in [1.29, 1.82) is 0 Å². The van der Waals surface area contributed by atoms with Crippen LogP contribution in [0, 0.1) is 20.8 Å². The van der Waals surface area contributed by atoms with Crippen molar-refractivity contribution in [2.24, 2.45) is 7.05 Å². The molecule has 0 amide bonds. The van der Waals surface area contributed by atoms with E-state index in [1.807, 2.05) is 32.4 Å². The lowest BCUT2D eigenvalue weighted by atomic mass is 10.4. The second kappa shape index (κ2) is 6.01. The van der Waals surface area contributed by atoms with Crippen LogP contribution in [0.4, 0.5) is 0 Å². The highest BCUT2D eigenvalue weighted by atomic mass is 32.2. The van der Waals surface area contributed by atoms with Gasteiger partial charge in [0.2, 0.25) is 10.0 Å². The summed E-state index contributed by atoms with van der Waals surface area (Å²) in [6.07, 6.45) is 0. The zero-order valence-electron chi connectivity index (χ0n) is 13.8. The maximum absolute atomic E-state index is 12.9. The summed E-state index contributed by atoms with van der Waals surface area (Å²) in [4.78, 5) is 6.07. The van der Waals surface area contributed by atoms with Gasteiger partial charge < -0.3 is 9.30 Å². The second-order valence-electron chi connectivity index (χ2n) is 5.72. The summed E-state index contributed by atoms with van der Waals surface area (Å²) < 4.78 is 34.5. The van der Waals surface area contributed by atoms with Gasteiger partial charge in [-0.15, -0.1) is 11.3 Å². The molecule has 2 aromatic rings. The molecule has 1 aliphatic rings. The van der Waals surface area contributed by atoms with Gasteiger partial charge >= 0.3 is 0 Å². The molecule has 6 nitrogen and oxygen atoms in total. The average Bonchev–Trinajstić information content (AvgIpc) is 3.01. The number of aryl methyl sites for hydroxylation is 2. The molecule has 0 radical (unpaired) electrons. The minimum absolute atomic E-state index is 0.363. The Morgan fingerprint density at radius 1 is 1.22 bits per heavy atom. The molecule has 1 fully saturated rings. The summed E-state index contributed by atoms with van der Waals surface area (Å²) in [7, 11) is -1.61. The third-order valence-electron chi connectivity index (χ3n) is 4.32. The quantitative estimate of drug-likeness (QED) is 0.846. The Hall–Kier alpha value is -1.22. The van der Waals surface area contributed by atoms with Crippen LogP contribution in [-0.4, -0.2) is 48.6 Å². The molecule has 0 saturated carbocycles. The Morgan fingerprint density at radius 2 is 1.87 bits per heavy atom. The first-order valence-corrected chi connectivity index (χ1v) is 9.76. The number of thiazole rings is 1. The van der Waals surface area contributed by atoms with E-state index in [0.29, 0.717) is 31.2 Å². The zero-order chi connectivity index (χ0) is 16.8. The molecule has 126 valence electrons. The SMILES string of the molecule is Cc1nc(-c2cc(S(=O)(=O)N3CCOCC3)c(C)n2C)sc1C. The van der Waals surface area contributed by atoms with E-state index in [9.17, 15) is 8.42 Å². The number of hydrogen-bond donors (Lipinski definition) is 0.